The smallest absolute Gasteiger partial charge is 0.262 e. The van der Waals surface area contributed by atoms with Crippen molar-refractivity contribution in [1.82, 2.24) is 4.57 Å². The van der Waals surface area contributed by atoms with Crippen molar-refractivity contribution < 1.29 is 4.79 Å². The molecule has 116 valence electrons. The molecule has 4 rings (SSSR count). The van der Waals surface area contributed by atoms with Gasteiger partial charge in [-0.25, -0.2) is 0 Å². The lowest BCUT2D eigenvalue weighted by molar-refractivity contribution is 0.0969. The summed E-state index contributed by atoms with van der Waals surface area (Å²) in [6.45, 7) is 0. The van der Waals surface area contributed by atoms with Crippen molar-refractivity contribution >= 4 is 27.7 Å². The van der Waals surface area contributed by atoms with E-state index in [1.54, 1.807) is 4.57 Å². The van der Waals surface area contributed by atoms with Gasteiger partial charge in [-0.1, -0.05) is 36.4 Å². The van der Waals surface area contributed by atoms with Gasteiger partial charge in [0.15, 0.2) is 0 Å². The van der Waals surface area contributed by atoms with Crippen LogP contribution in [0.4, 0.5) is 0 Å². The second kappa shape index (κ2) is 5.63. The van der Waals surface area contributed by atoms with E-state index in [1.165, 1.54) is 18.2 Å². The molecule has 1 aromatic heterocycles. The van der Waals surface area contributed by atoms with Crippen LogP contribution in [0, 0.1) is 22.7 Å². The summed E-state index contributed by atoms with van der Waals surface area (Å²) in [6.07, 6.45) is 0. The SMILES string of the molecule is N#Cc1cc(C#N)cc(C(=O)n2c3ccccc3c3ccccc32)c1. The molecule has 0 aliphatic rings. The van der Waals surface area contributed by atoms with E-state index in [-0.39, 0.29) is 5.91 Å². The molecule has 0 aliphatic heterocycles. The van der Waals surface area contributed by atoms with E-state index in [0.717, 1.165) is 21.8 Å². The van der Waals surface area contributed by atoms with Gasteiger partial charge >= 0.3 is 0 Å². The van der Waals surface area contributed by atoms with Crippen molar-refractivity contribution in [2.45, 2.75) is 0 Å². The Kier molecular flexibility index (Phi) is 3.31. The first-order valence-electron chi connectivity index (χ1n) is 7.71. The van der Waals surface area contributed by atoms with Gasteiger partial charge in [0.25, 0.3) is 5.91 Å². The third-order valence-electron chi connectivity index (χ3n) is 4.22. The van der Waals surface area contributed by atoms with Gasteiger partial charge in [0, 0.05) is 16.3 Å². The fourth-order valence-corrected chi connectivity index (χ4v) is 3.15. The van der Waals surface area contributed by atoms with E-state index in [9.17, 15) is 4.79 Å². The molecular weight excluding hydrogens is 310 g/mol. The van der Waals surface area contributed by atoms with Crippen LogP contribution in [0.15, 0.2) is 66.7 Å². The monoisotopic (exact) mass is 321 g/mol. The van der Waals surface area contributed by atoms with Crippen LogP contribution in [0.1, 0.15) is 21.5 Å². The summed E-state index contributed by atoms with van der Waals surface area (Å²) in [7, 11) is 0. The minimum atomic E-state index is -0.258. The first kappa shape index (κ1) is 14.7. The number of nitrogens with zero attached hydrogens (tertiary/aromatic N) is 3. The molecule has 0 aliphatic carbocycles. The Balaban J connectivity index is 2.03. The molecule has 0 saturated carbocycles. The standard InChI is InChI=1S/C21H11N3O/c22-12-14-9-15(13-23)11-16(10-14)21(25)24-19-7-3-1-5-17(19)18-6-2-4-8-20(18)24/h1-11H. The average Bonchev–Trinajstić information content (AvgIpc) is 3.01. The first-order chi connectivity index (χ1) is 12.2. The topological polar surface area (TPSA) is 69.6 Å². The molecule has 4 nitrogen and oxygen atoms in total. The Morgan fingerprint density at radius 3 is 1.72 bits per heavy atom. The minimum absolute atomic E-state index is 0.258. The van der Waals surface area contributed by atoms with E-state index in [4.69, 9.17) is 10.5 Å². The summed E-state index contributed by atoms with van der Waals surface area (Å²) >= 11 is 0. The number of carbonyl (C=O) groups excluding carboxylic acids is 1. The molecule has 0 unspecified atom stereocenters. The summed E-state index contributed by atoms with van der Waals surface area (Å²) in [6, 6.07) is 23.9. The summed E-state index contributed by atoms with van der Waals surface area (Å²) < 4.78 is 1.64. The molecular formula is C21H11N3O. The van der Waals surface area contributed by atoms with Crippen molar-refractivity contribution in [1.29, 1.82) is 10.5 Å². The molecule has 0 radical (unpaired) electrons. The first-order valence-corrected chi connectivity index (χ1v) is 7.71. The molecule has 4 aromatic rings. The fourth-order valence-electron chi connectivity index (χ4n) is 3.15. The highest BCUT2D eigenvalue weighted by molar-refractivity contribution is 6.16. The van der Waals surface area contributed by atoms with Gasteiger partial charge in [-0.05, 0) is 30.3 Å². The van der Waals surface area contributed by atoms with Crippen LogP contribution in [0.5, 0.6) is 0 Å². The fraction of sp³-hybridized carbons (Fsp3) is 0. The summed E-state index contributed by atoms with van der Waals surface area (Å²) in [5.74, 6) is -0.258. The molecule has 0 saturated heterocycles. The predicted octanol–water partition coefficient (Wildman–Crippen LogP) is 4.23. The Morgan fingerprint density at radius 2 is 1.24 bits per heavy atom. The molecule has 3 aromatic carbocycles. The third kappa shape index (κ3) is 2.25. The maximum absolute atomic E-state index is 13.2. The number of fused-ring (bicyclic) bond motifs is 3. The van der Waals surface area contributed by atoms with Crippen LogP contribution in [0.3, 0.4) is 0 Å². The molecule has 0 amide bonds. The largest absolute Gasteiger partial charge is 0.276 e. The highest BCUT2D eigenvalue weighted by Gasteiger charge is 2.18. The van der Waals surface area contributed by atoms with Crippen LogP contribution in [0.2, 0.25) is 0 Å². The van der Waals surface area contributed by atoms with Crippen LogP contribution in [0.25, 0.3) is 21.8 Å². The van der Waals surface area contributed by atoms with Crippen LogP contribution in [-0.2, 0) is 0 Å². The lowest BCUT2D eigenvalue weighted by Gasteiger charge is -2.07. The van der Waals surface area contributed by atoms with Crippen LogP contribution < -0.4 is 0 Å². The van der Waals surface area contributed by atoms with Gasteiger partial charge in [0.2, 0.25) is 0 Å². The number of para-hydroxylation sites is 2. The molecule has 0 bridgehead atoms. The molecule has 0 atom stereocenters. The number of hydrogen-bond acceptors (Lipinski definition) is 3. The van der Waals surface area contributed by atoms with Gasteiger partial charge in [-0.2, -0.15) is 10.5 Å². The number of rotatable bonds is 1. The zero-order valence-corrected chi connectivity index (χ0v) is 13.1. The second-order valence-corrected chi connectivity index (χ2v) is 5.70. The van der Waals surface area contributed by atoms with Gasteiger partial charge in [-0.3, -0.25) is 9.36 Å². The van der Waals surface area contributed by atoms with E-state index in [1.807, 2.05) is 60.7 Å². The van der Waals surface area contributed by atoms with Gasteiger partial charge in [-0.15, -0.1) is 0 Å². The summed E-state index contributed by atoms with van der Waals surface area (Å²) in [5, 5.41) is 20.3. The Morgan fingerprint density at radius 1 is 0.760 bits per heavy atom. The highest BCUT2D eigenvalue weighted by atomic mass is 16.2. The van der Waals surface area contributed by atoms with Crippen LogP contribution >= 0.6 is 0 Å². The molecule has 4 heteroatoms. The highest BCUT2D eigenvalue weighted by Crippen LogP contribution is 2.29. The zero-order valence-electron chi connectivity index (χ0n) is 13.1. The van der Waals surface area contributed by atoms with E-state index in [2.05, 4.69) is 0 Å². The molecule has 25 heavy (non-hydrogen) atoms. The summed E-state index contributed by atoms with van der Waals surface area (Å²) in [4.78, 5) is 13.2. The van der Waals surface area contributed by atoms with Crippen molar-refractivity contribution in [2.24, 2.45) is 0 Å². The predicted molar refractivity (Wildman–Crippen MR) is 95.0 cm³/mol. The maximum Gasteiger partial charge on any atom is 0.262 e. The zero-order chi connectivity index (χ0) is 17.4. The lowest BCUT2D eigenvalue weighted by atomic mass is 10.1. The number of benzene rings is 3. The quantitative estimate of drug-likeness (QED) is 0.527. The third-order valence-corrected chi connectivity index (χ3v) is 4.22. The minimum Gasteiger partial charge on any atom is -0.276 e. The number of aromatic nitrogens is 1. The van der Waals surface area contributed by atoms with E-state index in [0.29, 0.717) is 16.7 Å². The average molecular weight is 321 g/mol. The van der Waals surface area contributed by atoms with Crippen molar-refractivity contribution in [3.63, 3.8) is 0 Å². The van der Waals surface area contributed by atoms with E-state index >= 15 is 0 Å². The van der Waals surface area contributed by atoms with Crippen molar-refractivity contribution in [2.75, 3.05) is 0 Å². The normalized spacial score (nSPS) is 10.5. The molecule has 0 N–H and O–H groups in total. The van der Waals surface area contributed by atoms with Crippen molar-refractivity contribution in [3.05, 3.63) is 83.4 Å². The number of nitriles is 2. The van der Waals surface area contributed by atoms with Gasteiger partial charge in [0.1, 0.15) is 0 Å². The van der Waals surface area contributed by atoms with Crippen molar-refractivity contribution in [3.8, 4) is 12.1 Å². The van der Waals surface area contributed by atoms with E-state index < -0.39 is 0 Å². The van der Waals surface area contributed by atoms with Crippen LogP contribution in [-0.4, -0.2) is 10.5 Å². The Labute approximate surface area is 143 Å². The summed E-state index contributed by atoms with van der Waals surface area (Å²) in [5.41, 5.74) is 2.51. The molecule has 0 fully saturated rings. The second-order valence-electron chi connectivity index (χ2n) is 5.70. The maximum atomic E-state index is 13.2. The van der Waals surface area contributed by atoms with Gasteiger partial charge in [0.05, 0.1) is 34.3 Å². The Bertz CT molecular complexity index is 1150. The lowest BCUT2D eigenvalue weighted by Crippen LogP contribution is -2.12. The van der Waals surface area contributed by atoms with Gasteiger partial charge < -0.3 is 0 Å². The molecule has 1 heterocycles. The number of carbonyl (C=O) groups is 1. The Hall–Kier alpha value is -3.89. The molecule has 0 spiro atoms. The number of hydrogen-bond donors (Lipinski definition) is 0.